The lowest BCUT2D eigenvalue weighted by Gasteiger charge is -2.09. The number of halogens is 1. The van der Waals surface area contributed by atoms with Gasteiger partial charge in [-0.2, -0.15) is 4.98 Å². The van der Waals surface area contributed by atoms with Crippen molar-refractivity contribution in [2.24, 2.45) is 0 Å². The first kappa shape index (κ1) is 17.9. The van der Waals surface area contributed by atoms with Crippen LogP contribution in [-0.4, -0.2) is 27.6 Å². The van der Waals surface area contributed by atoms with Gasteiger partial charge in [0.1, 0.15) is 5.76 Å². The number of rotatable bonds is 6. The number of anilines is 1. The quantitative estimate of drug-likeness (QED) is 0.709. The standard InChI is InChI=1S/C18H17ClN4O3/c1-3-14-9-17(22-18(20-14)12-5-4-6-13(19)8-12)25-10-16(24)21-15-7-11(2)26-23-15/h4-9H,3,10H2,1-2H3,(H,21,23,24). The van der Waals surface area contributed by atoms with Crippen LogP contribution in [-0.2, 0) is 11.2 Å². The Hall–Kier alpha value is -2.93. The van der Waals surface area contributed by atoms with Crippen LogP contribution in [0.15, 0.2) is 40.9 Å². The van der Waals surface area contributed by atoms with Crippen molar-refractivity contribution in [3.05, 3.63) is 52.9 Å². The summed E-state index contributed by atoms with van der Waals surface area (Å²) in [6, 6.07) is 10.6. The highest BCUT2D eigenvalue weighted by atomic mass is 35.5. The molecule has 2 heterocycles. The van der Waals surface area contributed by atoms with E-state index in [1.54, 1.807) is 31.2 Å². The summed E-state index contributed by atoms with van der Waals surface area (Å²) in [6.45, 7) is 3.51. The Kier molecular flexibility index (Phi) is 5.48. The van der Waals surface area contributed by atoms with Gasteiger partial charge in [-0.1, -0.05) is 35.8 Å². The molecule has 0 aliphatic rings. The molecule has 0 radical (unpaired) electrons. The highest BCUT2D eigenvalue weighted by Gasteiger charge is 2.11. The first-order chi connectivity index (χ1) is 12.5. The molecule has 0 saturated heterocycles. The molecule has 8 heteroatoms. The molecule has 26 heavy (non-hydrogen) atoms. The number of nitrogens with zero attached hydrogens (tertiary/aromatic N) is 3. The number of aromatic nitrogens is 3. The van der Waals surface area contributed by atoms with E-state index in [4.69, 9.17) is 20.9 Å². The Balaban J connectivity index is 1.73. The van der Waals surface area contributed by atoms with Gasteiger partial charge in [0.15, 0.2) is 18.2 Å². The fourth-order valence-electron chi connectivity index (χ4n) is 2.23. The van der Waals surface area contributed by atoms with Crippen molar-refractivity contribution in [3.63, 3.8) is 0 Å². The second-order valence-corrected chi connectivity index (χ2v) is 5.98. The second-order valence-electron chi connectivity index (χ2n) is 5.54. The summed E-state index contributed by atoms with van der Waals surface area (Å²) >= 11 is 6.04. The predicted molar refractivity (Wildman–Crippen MR) is 97.2 cm³/mol. The summed E-state index contributed by atoms with van der Waals surface area (Å²) in [7, 11) is 0. The number of carbonyl (C=O) groups is 1. The number of hydrogen-bond acceptors (Lipinski definition) is 6. The van der Waals surface area contributed by atoms with Gasteiger partial charge < -0.3 is 14.6 Å². The van der Waals surface area contributed by atoms with Gasteiger partial charge in [0, 0.05) is 28.4 Å². The van der Waals surface area contributed by atoms with Crippen molar-refractivity contribution < 1.29 is 14.1 Å². The van der Waals surface area contributed by atoms with Crippen LogP contribution in [0.25, 0.3) is 11.4 Å². The molecule has 0 unspecified atom stereocenters. The summed E-state index contributed by atoms with van der Waals surface area (Å²) in [5, 5.41) is 6.88. The lowest BCUT2D eigenvalue weighted by atomic mass is 10.2. The zero-order valence-corrected chi connectivity index (χ0v) is 15.1. The molecule has 0 atom stereocenters. The molecule has 7 nitrogen and oxygen atoms in total. The molecule has 0 fully saturated rings. The van der Waals surface area contributed by atoms with E-state index in [0.717, 1.165) is 11.3 Å². The van der Waals surface area contributed by atoms with Crippen LogP contribution in [0.3, 0.4) is 0 Å². The summed E-state index contributed by atoms with van der Waals surface area (Å²) < 4.78 is 10.4. The zero-order chi connectivity index (χ0) is 18.5. The fraction of sp³-hybridized carbons (Fsp3) is 0.222. The lowest BCUT2D eigenvalue weighted by Crippen LogP contribution is -2.20. The van der Waals surface area contributed by atoms with E-state index in [0.29, 0.717) is 34.7 Å². The van der Waals surface area contributed by atoms with Crippen LogP contribution in [0.1, 0.15) is 18.4 Å². The molecule has 1 aromatic carbocycles. The molecule has 0 aliphatic heterocycles. The van der Waals surface area contributed by atoms with Crippen molar-refractivity contribution in [2.75, 3.05) is 11.9 Å². The first-order valence-electron chi connectivity index (χ1n) is 8.03. The minimum atomic E-state index is -0.362. The van der Waals surface area contributed by atoms with Gasteiger partial charge in [-0.25, -0.2) is 4.98 Å². The van der Waals surface area contributed by atoms with Crippen molar-refractivity contribution in [1.29, 1.82) is 0 Å². The van der Waals surface area contributed by atoms with Gasteiger partial charge >= 0.3 is 0 Å². The van der Waals surface area contributed by atoms with Gasteiger partial charge in [-0.05, 0) is 25.5 Å². The molecule has 134 valence electrons. The summed E-state index contributed by atoms with van der Waals surface area (Å²) in [6.07, 6.45) is 0.705. The molecule has 0 saturated carbocycles. The zero-order valence-electron chi connectivity index (χ0n) is 14.3. The van der Waals surface area contributed by atoms with Crippen molar-refractivity contribution in [3.8, 4) is 17.3 Å². The topological polar surface area (TPSA) is 90.1 Å². The third-order valence-corrected chi connectivity index (χ3v) is 3.68. The first-order valence-corrected chi connectivity index (χ1v) is 8.41. The van der Waals surface area contributed by atoms with E-state index in [-0.39, 0.29) is 12.5 Å². The van der Waals surface area contributed by atoms with Crippen molar-refractivity contribution in [1.82, 2.24) is 15.1 Å². The SMILES string of the molecule is CCc1cc(OCC(=O)Nc2cc(C)on2)nc(-c2cccc(Cl)c2)n1. The molecule has 3 aromatic rings. The molecule has 2 aromatic heterocycles. The van der Waals surface area contributed by atoms with E-state index in [1.165, 1.54) is 0 Å². The van der Waals surface area contributed by atoms with E-state index in [9.17, 15) is 4.79 Å². The van der Waals surface area contributed by atoms with Crippen LogP contribution in [0.5, 0.6) is 5.88 Å². The average molecular weight is 373 g/mol. The fourth-order valence-corrected chi connectivity index (χ4v) is 2.42. The number of benzene rings is 1. The van der Waals surface area contributed by atoms with Gasteiger partial charge in [-0.3, -0.25) is 4.79 Å². The third kappa shape index (κ3) is 4.58. The Morgan fingerprint density at radius 1 is 1.27 bits per heavy atom. The smallest absolute Gasteiger partial charge is 0.263 e. The lowest BCUT2D eigenvalue weighted by molar-refractivity contribution is -0.118. The summed E-state index contributed by atoms with van der Waals surface area (Å²) in [5.41, 5.74) is 1.58. The number of amides is 1. The van der Waals surface area contributed by atoms with Gasteiger partial charge in [0.25, 0.3) is 5.91 Å². The van der Waals surface area contributed by atoms with Crippen LogP contribution in [0, 0.1) is 6.92 Å². The normalized spacial score (nSPS) is 10.6. The number of carbonyl (C=O) groups excluding carboxylic acids is 1. The maximum Gasteiger partial charge on any atom is 0.263 e. The molecule has 0 aliphatic carbocycles. The van der Waals surface area contributed by atoms with Gasteiger partial charge in [0.05, 0.1) is 0 Å². The number of nitrogens with one attached hydrogen (secondary N) is 1. The largest absolute Gasteiger partial charge is 0.467 e. The molecular formula is C18H17ClN4O3. The van der Waals surface area contributed by atoms with E-state index >= 15 is 0 Å². The van der Waals surface area contributed by atoms with Gasteiger partial charge in [-0.15, -0.1) is 0 Å². The number of aryl methyl sites for hydroxylation is 2. The highest BCUT2D eigenvalue weighted by molar-refractivity contribution is 6.30. The maximum atomic E-state index is 12.0. The van der Waals surface area contributed by atoms with Crippen LogP contribution in [0.4, 0.5) is 5.82 Å². The minimum Gasteiger partial charge on any atom is -0.467 e. The van der Waals surface area contributed by atoms with Crippen LogP contribution >= 0.6 is 11.6 Å². The molecule has 3 rings (SSSR count). The average Bonchev–Trinajstić information content (AvgIpc) is 3.04. The van der Waals surface area contributed by atoms with E-state index in [1.807, 2.05) is 19.1 Å². The van der Waals surface area contributed by atoms with E-state index < -0.39 is 0 Å². The highest BCUT2D eigenvalue weighted by Crippen LogP contribution is 2.22. The molecule has 1 N–H and O–H groups in total. The maximum absolute atomic E-state index is 12.0. The third-order valence-electron chi connectivity index (χ3n) is 3.45. The van der Waals surface area contributed by atoms with Gasteiger partial charge in [0.2, 0.25) is 5.88 Å². The Morgan fingerprint density at radius 3 is 2.81 bits per heavy atom. The van der Waals surface area contributed by atoms with Crippen molar-refractivity contribution in [2.45, 2.75) is 20.3 Å². The monoisotopic (exact) mass is 372 g/mol. The molecule has 0 bridgehead atoms. The Bertz CT molecular complexity index is 926. The molecule has 1 amide bonds. The van der Waals surface area contributed by atoms with Crippen molar-refractivity contribution >= 4 is 23.3 Å². The predicted octanol–water partition coefficient (Wildman–Crippen LogP) is 3.67. The van der Waals surface area contributed by atoms with E-state index in [2.05, 4.69) is 20.4 Å². The Labute approximate surface area is 155 Å². The van der Waals surface area contributed by atoms with Crippen LogP contribution < -0.4 is 10.1 Å². The minimum absolute atomic E-state index is 0.207. The molecule has 0 spiro atoms. The number of hydrogen-bond donors (Lipinski definition) is 1. The Morgan fingerprint density at radius 2 is 2.12 bits per heavy atom. The second kappa shape index (κ2) is 7.97. The summed E-state index contributed by atoms with van der Waals surface area (Å²) in [4.78, 5) is 20.8. The van der Waals surface area contributed by atoms with Crippen LogP contribution in [0.2, 0.25) is 5.02 Å². The summed E-state index contributed by atoms with van der Waals surface area (Å²) in [5.74, 6) is 1.40. The number of ether oxygens (including phenoxy) is 1. The molecular weight excluding hydrogens is 356 g/mol.